The molecule has 1 aromatic rings. The Morgan fingerprint density at radius 1 is 1.47 bits per heavy atom. The largest absolute Gasteiger partial charge is 0.356 e. The fraction of sp³-hybridized carbons (Fsp3) is 0.667. The highest BCUT2D eigenvalue weighted by molar-refractivity contribution is 5.76. The lowest BCUT2D eigenvalue weighted by atomic mass is 10.2. The molecule has 0 aliphatic heterocycles. The summed E-state index contributed by atoms with van der Waals surface area (Å²) in [7, 11) is 0. The van der Waals surface area contributed by atoms with Crippen LogP contribution in [0.2, 0.25) is 0 Å². The van der Waals surface area contributed by atoms with Crippen molar-refractivity contribution >= 4 is 5.91 Å². The Hall–Kier alpha value is -1.36. The van der Waals surface area contributed by atoms with Crippen LogP contribution in [-0.2, 0) is 4.79 Å². The minimum atomic E-state index is 0.100. The van der Waals surface area contributed by atoms with Crippen LogP contribution in [0.25, 0.3) is 0 Å². The number of nitrogens with one attached hydrogen (secondary N) is 3. The lowest BCUT2D eigenvalue weighted by molar-refractivity contribution is -0.121. The highest BCUT2D eigenvalue weighted by Crippen LogP contribution is 2.06. The van der Waals surface area contributed by atoms with Crippen LogP contribution in [0.3, 0.4) is 0 Å². The van der Waals surface area contributed by atoms with Gasteiger partial charge < -0.3 is 10.6 Å². The molecule has 0 bridgehead atoms. The molecule has 0 fully saturated rings. The zero-order valence-corrected chi connectivity index (χ0v) is 10.8. The van der Waals surface area contributed by atoms with Crippen molar-refractivity contribution in [2.45, 2.75) is 33.2 Å². The maximum absolute atomic E-state index is 11.4. The number of carbonyl (C=O) groups is 1. The monoisotopic (exact) mass is 238 g/mol. The van der Waals surface area contributed by atoms with Crippen LogP contribution in [0.15, 0.2) is 12.3 Å². The Kier molecular flexibility index (Phi) is 5.69. The smallest absolute Gasteiger partial charge is 0.221 e. The summed E-state index contributed by atoms with van der Waals surface area (Å²) in [5.41, 5.74) is 1.03. The normalized spacial score (nSPS) is 12.7. The summed E-state index contributed by atoms with van der Waals surface area (Å²) in [6.07, 6.45) is 2.23. The Bertz CT molecular complexity index is 321. The van der Waals surface area contributed by atoms with Gasteiger partial charge in [0.25, 0.3) is 0 Å². The molecular weight excluding hydrogens is 216 g/mol. The van der Waals surface area contributed by atoms with Crippen molar-refractivity contribution in [1.29, 1.82) is 0 Å². The molecule has 0 radical (unpaired) electrons. The van der Waals surface area contributed by atoms with E-state index >= 15 is 0 Å². The molecule has 0 aliphatic carbocycles. The zero-order chi connectivity index (χ0) is 12.7. The van der Waals surface area contributed by atoms with Crippen LogP contribution in [0.5, 0.6) is 0 Å². The fourth-order valence-electron chi connectivity index (χ4n) is 1.43. The maximum atomic E-state index is 11.4. The minimum Gasteiger partial charge on any atom is -0.356 e. The van der Waals surface area contributed by atoms with Crippen molar-refractivity contribution in [3.05, 3.63) is 18.0 Å². The van der Waals surface area contributed by atoms with E-state index in [2.05, 4.69) is 34.7 Å². The van der Waals surface area contributed by atoms with E-state index in [1.807, 2.05) is 13.0 Å². The zero-order valence-electron chi connectivity index (χ0n) is 10.8. The van der Waals surface area contributed by atoms with Crippen LogP contribution in [0.1, 0.15) is 38.9 Å². The predicted molar refractivity (Wildman–Crippen MR) is 67.5 cm³/mol. The SMILES string of the molecule is CC(C)CNC(=O)CCNC(C)c1ccn[nH]1. The molecule has 1 atom stereocenters. The number of hydrogen-bond acceptors (Lipinski definition) is 3. The van der Waals surface area contributed by atoms with E-state index in [0.29, 0.717) is 18.9 Å². The van der Waals surface area contributed by atoms with E-state index in [1.165, 1.54) is 0 Å². The lowest BCUT2D eigenvalue weighted by Crippen LogP contribution is -2.31. The topological polar surface area (TPSA) is 69.8 Å². The Morgan fingerprint density at radius 2 is 2.24 bits per heavy atom. The van der Waals surface area contributed by atoms with E-state index in [0.717, 1.165) is 12.2 Å². The third-order valence-corrected chi connectivity index (χ3v) is 2.50. The molecule has 5 nitrogen and oxygen atoms in total. The van der Waals surface area contributed by atoms with Gasteiger partial charge >= 0.3 is 0 Å². The van der Waals surface area contributed by atoms with E-state index in [9.17, 15) is 4.79 Å². The number of carbonyl (C=O) groups excluding carboxylic acids is 1. The molecular formula is C12H22N4O. The van der Waals surface area contributed by atoms with E-state index in [1.54, 1.807) is 6.20 Å². The first-order valence-corrected chi connectivity index (χ1v) is 6.09. The predicted octanol–water partition coefficient (Wildman–Crippen LogP) is 1.22. The second kappa shape index (κ2) is 7.06. The van der Waals surface area contributed by atoms with Crippen LogP contribution in [0, 0.1) is 5.92 Å². The van der Waals surface area contributed by atoms with Gasteiger partial charge in [-0.1, -0.05) is 13.8 Å². The number of nitrogens with zero attached hydrogens (tertiary/aromatic N) is 1. The van der Waals surface area contributed by atoms with Gasteiger partial charge in [0.05, 0.1) is 5.69 Å². The molecule has 1 amide bonds. The minimum absolute atomic E-state index is 0.100. The van der Waals surface area contributed by atoms with Crippen molar-refractivity contribution in [2.75, 3.05) is 13.1 Å². The summed E-state index contributed by atoms with van der Waals surface area (Å²) in [5, 5.41) is 13.0. The quantitative estimate of drug-likeness (QED) is 0.669. The molecule has 5 heteroatoms. The number of aromatic nitrogens is 2. The van der Waals surface area contributed by atoms with Gasteiger partial charge in [-0.2, -0.15) is 5.10 Å². The first-order chi connectivity index (χ1) is 8.09. The first kappa shape index (κ1) is 13.7. The molecule has 1 aromatic heterocycles. The molecule has 0 saturated heterocycles. The van der Waals surface area contributed by atoms with Crippen molar-refractivity contribution < 1.29 is 4.79 Å². The van der Waals surface area contributed by atoms with Crippen LogP contribution < -0.4 is 10.6 Å². The summed E-state index contributed by atoms with van der Waals surface area (Å²) >= 11 is 0. The van der Waals surface area contributed by atoms with Crippen LogP contribution in [-0.4, -0.2) is 29.2 Å². The summed E-state index contributed by atoms with van der Waals surface area (Å²) in [4.78, 5) is 11.4. The molecule has 0 aliphatic rings. The molecule has 0 saturated carbocycles. The number of rotatable bonds is 7. The number of H-pyrrole nitrogens is 1. The Balaban J connectivity index is 2.13. The summed E-state index contributed by atoms with van der Waals surface area (Å²) in [6.45, 7) is 7.62. The molecule has 3 N–H and O–H groups in total. The van der Waals surface area contributed by atoms with Gasteiger partial charge in [-0.25, -0.2) is 0 Å². The second-order valence-corrected chi connectivity index (χ2v) is 4.64. The van der Waals surface area contributed by atoms with Gasteiger partial charge in [0.15, 0.2) is 0 Å². The number of hydrogen-bond donors (Lipinski definition) is 3. The van der Waals surface area contributed by atoms with Crippen LogP contribution in [0.4, 0.5) is 0 Å². The molecule has 96 valence electrons. The Morgan fingerprint density at radius 3 is 2.82 bits per heavy atom. The van der Waals surface area contributed by atoms with Crippen molar-refractivity contribution in [3.63, 3.8) is 0 Å². The van der Waals surface area contributed by atoms with Gasteiger partial charge in [0.2, 0.25) is 5.91 Å². The van der Waals surface area contributed by atoms with Gasteiger partial charge in [0.1, 0.15) is 0 Å². The molecule has 1 unspecified atom stereocenters. The maximum Gasteiger partial charge on any atom is 0.221 e. The third-order valence-electron chi connectivity index (χ3n) is 2.50. The molecule has 0 aromatic carbocycles. The molecule has 1 heterocycles. The average molecular weight is 238 g/mol. The summed E-state index contributed by atoms with van der Waals surface area (Å²) in [5.74, 6) is 0.596. The van der Waals surface area contributed by atoms with Gasteiger partial charge in [-0.3, -0.25) is 9.89 Å². The van der Waals surface area contributed by atoms with Gasteiger partial charge in [-0.15, -0.1) is 0 Å². The van der Waals surface area contributed by atoms with Crippen LogP contribution >= 0.6 is 0 Å². The standard InChI is InChI=1S/C12H22N4O/c1-9(2)8-14-12(17)5-6-13-10(3)11-4-7-15-16-11/h4,7,9-10,13H,5-6,8H2,1-3H3,(H,14,17)(H,15,16). The third kappa shape index (κ3) is 5.49. The fourth-order valence-corrected chi connectivity index (χ4v) is 1.43. The number of amides is 1. The average Bonchev–Trinajstić information content (AvgIpc) is 2.79. The highest BCUT2D eigenvalue weighted by atomic mass is 16.1. The van der Waals surface area contributed by atoms with Gasteiger partial charge in [0, 0.05) is 31.7 Å². The van der Waals surface area contributed by atoms with E-state index in [-0.39, 0.29) is 11.9 Å². The lowest BCUT2D eigenvalue weighted by Gasteiger charge is -2.12. The molecule has 17 heavy (non-hydrogen) atoms. The van der Waals surface area contributed by atoms with Gasteiger partial charge in [-0.05, 0) is 18.9 Å². The summed E-state index contributed by atoms with van der Waals surface area (Å²) < 4.78 is 0. The van der Waals surface area contributed by atoms with Crippen molar-refractivity contribution in [1.82, 2.24) is 20.8 Å². The number of aromatic amines is 1. The highest BCUT2D eigenvalue weighted by Gasteiger charge is 2.07. The second-order valence-electron chi connectivity index (χ2n) is 4.64. The first-order valence-electron chi connectivity index (χ1n) is 6.09. The van der Waals surface area contributed by atoms with E-state index < -0.39 is 0 Å². The molecule has 1 rings (SSSR count). The van der Waals surface area contributed by atoms with E-state index in [4.69, 9.17) is 0 Å². The van der Waals surface area contributed by atoms with Crippen molar-refractivity contribution in [3.8, 4) is 0 Å². The molecule has 0 spiro atoms. The Labute approximate surface area is 102 Å². The van der Waals surface area contributed by atoms with Crippen molar-refractivity contribution in [2.24, 2.45) is 5.92 Å². The summed E-state index contributed by atoms with van der Waals surface area (Å²) in [6, 6.07) is 2.12.